The predicted octanol–water partition coefficient (Wildman–Crippen LogP) is 1.35. The lowest BCUT2D eigenvalue weighted by atomic mass is 10.2. The number of nitrogens with zero attached hydrogens (tertiary/aromatic N) is 1. The summed E-state index contributed by atoms with van der Waals surface area (Å²) < 4.78 is 0. The lowest BCUT2D eigenvalue weighted by Crippen LogP contribution is -2.38. The minimum Gasteiger partial charge on any atom is -0.508 e. The van der Waals surface area contributed by atoms with E-state index in [2.05, 4.69) is 5.32 Å². The lowest BCUT2D eigenvalue weighted by molar-refractivity contribution is -0.122. The molecule has 0 aliphatic rings. The van der Waals surface area contributed by atoms with E-state index >= 15 is 0 Å². The van der Waals surface area contributed by atoms with Crippen molar-refractivity contribution in [3.63, 3.8) is 0 Å². The third-order valence-corrected chi connectivity index (χ3v) is 2.23. The molecule has 1 rings (SSSR count). The molecule has 0 unspecified atom stereocenters. The lowest BCUT2D eigenvalue weighted by Gasteiger charge is -2.17. The Labute approximate surface area is 102 Å². The van der Waals surface area contributed by atoms with Crippen LogP contribution >= 0.6 is 0 Å². The Balaban J connectivity index is 2.44. The van der Waals surface area contributed by atoms with Gasteiger partial charge in [-0.25, -0.2) is 0 Å². The molecular formula is C13H20N2O2. The van der Waals surface area contributed by atoms with E-state index in [-0.39, 0.29) is 17.7 Å². The number of likely N-dealkylation sites (N-methyl/N-ethyl adjacent to an activating group) is 1. The molecule has 0 aliphatic carbocycles. The number of carbonyl (C=O) groups is 1. The van der Waals surface area contributed by atoms with E-state index in [4.69, 9.17) is 0 Å². The summed E-state index contributed by atoms with van der Waals surface area (Å²) in [5, 5.41) is 12.2. The number of carbonyl (C=O) groups excluding carboxylic acids is 1. The van der Waals surface area contributed by atoms with Gasteiger partial charge in [0.05, 0.1) is 6.54 Å². The number of hydrogen-bond acceptors (Lipinski definition) is 3. The first kappa shape index (κ1) is 13.5. The quantitative estimate of drug-likeness (QED) is 0.811. The zero-order chi connectivity index (χ0) is 12.8. The largest absolute Gasteiger partial charge is 0.508 e. The molecule has 0 aliphatic heterocycles. The number of hydrogen-bond donors (Lipinski definition) is 2. The molecule has 0 atom stereocenters. The Bertz CT molecular complexity index is 377. The normalized spacial score (nSPS) is 10.9. The fourth-order valence-electron chi connectivity index (χ4n) is 1.64. The average molecular weight is 236 g/mol. The molecule has 1 amide bonds. The molecule has 2 N–H and O–H groups in total. The highest BCUT2D eigenvalue weighted by Crippen LogP contribution is 2.12. The van der Waals surface area contributed by atoms with Crippen LogP contribution in [0.3, 0.4) is 0 Å². The van der Waals surface area contributed by atoms with Gasteiger partial charge in [-0.3, -0.25) is 9.69 Å². The van der Waals surface area contributed by atoms with Crippen LogP contribution in [0.25, 0.3) is 0 Å². The molecule has 0 fully saturated rings. The number of amides is 1. The monoisotopic (exact) mass is 236 g/mol. The first-order chi connectivity index (χ1) is 7.97. The smallest absolute Gasteiger partial charge is 0.234 e. The number of nitrogens with one attached hydrogen (secondary N) is 1. The molecule has 1 aromatic carbocycles. The Hall–Kier alpha value is -1.55. The van der Waals surface area contributed by atoms with Crippen LogP contribution in [0.5, 0.6) is 5.75 Å². The van der Waals surface area contributed by atoms with Crippen LogP contribution in [-0.4, -0.2) is 35.5 Å². The zero-order valence-electron chi connectivity index (χ0n) is 10.6. The summed E-state index contributed by atoms with van der Waals surface area (Å²) in [6.07, 6.45) is 0. The van der Waals surface area contributed by atoms with Gasteiger partial charge in [-0.15, -0.1) is 0 Å². The van der Waals surface area contributed by atoms with Crippen molar-refractivity contribution in [3.05, 3.63) is 29.8 Å². The molecular weight excluding hydrogens is 216 g/mol. The number of rotatable bonds is 5. The number of aromatic hydroxyl groups is 1. The van der Waals surface area contributed by atoms with E-state index in [1.807, 2.05) is 31.9 Å². The van der Waals surface area contributed by atoms with Gasteiger partial charge in [0.2, 0.25) is 5.91 Å². The highest BCUT2D eigenvalue weighted by Gasteiger charge is 2.08. The molecule has 0 saturated carbocycles. The Morgan fingerprint density at radius 3 is 2.76 bits per heavy atom. The van der Waals surface area contributed by atoms with Gasteiger partial charge in [-0.05, 0) is 38.6 Å². The highest BCUT2D eigenvalue weighted by molar-refractivity contribution is 5.78. The van der Waals surface area contributed by atoms with Crippen molar-refractivity contribution in [3.8, 4) is 5.75 Å². The van der Waals surface area contributed by atoms with Crippen LogP contribution in [0.4, 0.5) is 0 Å². The van der Waals surface area contributed by atoms with Crippen molar-refractivity contribution in [1.82, 2.24) is 10.2 Å². The van der Waals surface area contributed by atoms with E-state index < -0.39 is 0 Å². The minimum atomic E-state index is 0.0163. The van der Waals surface area contributed by atoms with Crippen LogP contribution in [0, 0.1) is 0 Å². The van der Waals surface area contributed by atoms with Crippen molar-refractivity contribution < 1.29 is 9.90 Å². The number of phenolic OH excluding ortho intramolecular Hbond substituents is 1. The van der Waals surface area contributed by atoms with Crippen molar-refractivity contribution in [2.75, 3.05) is 13.6 Å². The standard InChI is InChI=1S/C13H20N2O2/c1-10(2)14-13(17)9-15(3)8-11-5-4-6-12(16)7-11/h4-7,10,16H,8-9H2,1-3H3,(H,14,17). The van der Waals surface area contributed by atoms with Gasteiger partial charge in [-0.2, -0.15) is 0 Å². The van der Waals surface area contributed by atoms with Gasteiger partial charge < -0.3 is 10.4 Å². The topological polar surface area (TPSA) is 52.6 Å². The van der Waals surface area contributed by atoms with Gasteiger partial charge >= 0.3 is 0 Å². The second kappa shape index (κ2) is 6.25. The molecule has 4 heteroatoms. The zero-order valence-corrected chi connectivity index (χ0v) is 10.6. The summed E-state index contributed by atoms with van der Waals surface area (Å²) in [4.78, 5) is 13.4. The maximum atomic E-state index is 11.5. The fourth-order valence-corrected chi connectivity index (χ4v) is 1.64. The average Bonchev–Trinajstić information content (AvgIpc) is 2.14. The van der Waals surface area contributed by atoms with Crippen LogP contribution in [0.1, 0.15) is 19.4 Å². The maximum Gasteiger partial charge on any atom is 0.234 e. The van der Waals surface area contributed by atoms with Crippen LogP contribution < -0.4 is 5.32 Å². The molecule has 0 saturated heterocycles. The SMILES string of the molecule is CC(C)NC(=O)CN(C)Cc1cccc(O)c1. The van der Waals surface area contributed by atoms with Crippen molar-refractivity contribution in [1.29, 1.82) is 0 Å². The third kappa shape index (κ3) is 5.36. The van der Waals surface area contributed by atoms with E-state index in [9.17, 15) is 9.90 Å². The molecule has 0 radical (unpaired) electrons. The predicted molar refractivity (Wildman–Crippen MR) is 67.7 cm³/mol. The molecule has 0 spiro atoms. The Morgan fingerprint density at radius 2 is 2.18 bits per heavy atom. The van der Waals surface area contributed by atoms with Gasteiger partial charge in [0.25, 0.3) is 0 Å². The van der Waals surface area contributed by atoms with Crippen LogP contribution in [0.2, 0.25) is 0 Å². The minimum absolute atomic E-state index is 0.0163. The molecule has 1 aromatic rings. The molecule has 0 bridgehead atoms. The van der Waals surface area contributed by atoms with Gasteiger partial charge in [0.1, 0.15) is 5.75 Å². The van der Waals surface area contributed by atoms with E-state index in [0.717, 1.165) is 5.56 Å². The molecule has 4 nitrogen and oxygen atoms in total. The van der Waals surface area contributed by atoms with Crippen molar-refractivity contribution in [2.45, 2.75) is 26.4 Å². The summed E-state index contributed by atoms with van der Waals surface area (Å²) >= 11 is 0. The fraction of sp³-hybridized carbons (Fsp3) is 0.462. The Kier molecular flexibility index (Phi) is 4.97. The number of benzene rings is 1. The van der Waals surface area contributed by atoms with Crippen LogP contribution in [-0.2, 0) is 11.3 Å². The molecule has 0 aromatic heterocycles. The van der Waals surface area contributed by atoms with Crippen molar-refractivity contribution in [2.24, 2.45) is 0 Å². The molecule has 94 valence electrons. The van der Waals surface area contributed by atoms with E-state index in [1.165, 1.54) is 0 Å². The van der Waals surface area contributed by atoms with E-state index in [1.54, 1.807) is 18.2 Å². The second-order valence-corrected chi connectivity index (χ2v) is 4.56. The van der Waals surface area contributed by atoms with Gasteiger partial charge in [-0.1, -0.05) is 12.1 Å². The second-order valence-electron chi connectivity index (χ2n) is 4.56. The maximum absolute atomic E-state index is 11.5. The van der Waals surface area contributed by atoms with Gasteiger partial charge in [0, 0.05) is 12.6 Å². The number of phenols is 1. The summed E-state index contributed by atoms with van der Waals surface area (Å²) in [6.45, 7) is 4.87. The summed E-state index contributed by atoms with van der Waals surface area (Å²) in [6, 6.07) is 7.23. The molecule has 17 heavy (non-hydrogen) atoms. The van der Waals surface area contributed by atoms with E-state index in [0.29, 0.717) is 13.1 Å². The summed E-state index contributed by atoms with van der Waals surface area (Å²) in [5.74, 6) is 0.269. The third-order valence-electron chi connectivity index (χ3n) is 2.23. The first-order valence-corrected chi connectivity index (χ1v) is 5.73. The molecule has 0 heterocycles. The van der Waals surface area contributed by atoms with Crippen LogP contribution in [0.15, 0.2) is 24.3 Å². The first-order valence-electron chi connectivity index (χ1n) is 5.73. The van der Waals surface area contributed by atoms with Gasteiger partial charge in [0.15, 0.2) is 0 Å². The Morgan fingerprint density at radius 1 is 1.47 bits per heavy atom. The van der Waals surface area contributed by atoms with Crippen molar-refractivity contribution >= 4 is 5.91 Å². The summed E-state index contributed by atoms with van der Waals surface area (Å²) in [7, 11) is 1.88. The highest BCUT2D eigenvalue weighted by atomic mass is 16.3. The summed E-state index contributed by atoms with van der Waals surface area (Å²) in [5.41, 5.74) is 0.991.